The lowest BCUT2D eigenvalue weighted by Gasteiger charge is -2.34. The highest BCUT2D eigenvalue weighted by Gasteiger charge is 2.30. The minimum atomic E-state index is -0.364. The van der Waals surface area contributed by atoms with Crippen molar-refractivity contribution in [2.24, 2.45) is 11.3 Å². The Labute approximate surface area is 85.9 Å². The first-order chi connectivity index (χ1) is 6.45. The Balaban J connectivity index is 2.43. The molecule has 0 radical (unpaired) electrons. The highest BCUT2D eigenvalue weighted by atomic mass is 16.3. The molecule has 3 nitrogen and oxygen atoms in total. The summed E-state index contributed by atoms with van der Waals surface area (Å²) in [4.78, 5) is 11.7. The molecule has 1 saturated carbocycles. The van der Waals surface area contributed by atoms with Crippen molar-refractivity contribution in [1.82, 2.24) is 5.32 Å². The third kappa shape index (κ3) is 2.71. The lowest BCUT2D eigenvalue weighted by Crippen LogP contribution is -2.48. The van der Waals surface area contributed by atoms with Gasteiger partial charge in [0.25, 0.3) is 0 Å². The van der Waals surface area contributed by atoms with Gasteiger partial charge in [0.15, 0.2) is 0 Å². The number of nitrogens with one attached hydrogen (secondary N) is 1. The maximum absolute atomic E-state index is 11.7. The normalized spacial score (nSPS) is 20.0. The maximum Gasteiger partial charge on any atom is 0.225 e. The standard InChI is InChI=1S/C11H21NO2/c1-11(2,3)10(14)12-9(7-13)8-5-4-6-8/h8-9,13H,4-7H2,1-3H3,(H,12,14)/t9-/m0/s1. The van der Waals surface area contributed by atoms with Crippen molar-refractivity contribution < 1.29 is 9.90 Å². The molecular weight excluding hydrogens is 178 g/mol. The fraction of sp³-hybridized carbons (Fsp3) is 0.909. The predicted molar refractivity (Wildman–Crippen MR) is 55.8 cm³/mol. The van der Waals surface area contributed by atoms with Crippen molar-refractivity contribution in [3.05, 3.63) is 0 Å². The summed E-state index contributed by atoms with van der Waals surface area (Å²) in [5, 5.41) is 12.1. The van der Waals surface area contributed by atoms with Crippen molar-refractivity contribution in [2.45, 2.75) is 46.1 Å². The van der Waals surface area contributed by atoms with E-state index in [0.717, 1.165) is 12.8 Å². The van der Waals surface area contributed by atoms with E-state index in [-0.39, 0.29) is 24.0 Å². The van der Waals surface area contributed by atoms with E-state index in [1.54, 1.807) is 0 Å². The zero-order valence-electron chi connectivity index (χ0n) is 9.34. The second-order valence-corrected chi connectivity index (χ2v) is 5.20. The van der Waals surface area contributed by atoms with Crippen LogP contribution in [-0.4, -0.2) is 23.7 Å². The SMILES string of the molecule is CC(C)(C)C(=O)N[C@@H](CO)C1CCC1. The van der Waals surface area contributed by atoms with Crippen molar-refractivity contribution in [3.63, 3.8) is 0 Å². The Kier molecular flexibility index (Phi) is 3.53. The monoisotopic (exact) mass is 199 g/mol. The number of aliphatic hydroxyl groups is 1. The molecule has 1 rings (SSSR count). The average molecular weight is 199 g/mol. The minimum absolute atomic E-state index is 0.0310. The molecule has 2 N–H and O–H groups in total. The van der Waals surface area contributed by atoms with Gasteiger partial charge < -0.3 is 10.4 Å². The van der Waals surface area contributed by atoms with E-state index < -0.39 is 0 Å². The van der Waals surface area contributed by atoms with Gasteiger partial charge in [-0.2, -0.15) is 0 Å². The molecule has 0 heterocycles. The van der Waals surface area contributed by atoms with Gasteiger partial charge in [0.05, 0.1) is 12.6 Å². The van der Waals surface area contributed by atoms with Gasteiger partial charge in [-0.25, -0.2) is 0 Å². The van der Waals surface area contributed by atoms with Gasteiger partial charge in [-0.15, -0.1) is 0 Å². The molecule has 0 bridgehead atoms. The molecule has 1 aliphatic rings. The number of rotatable bonds is 3. The highest BCUT2D eigenvalue weighted by molar-refractivity contribution is 5.81. The lowest BCUT2D eigenvalue weighted by molar-refractivity contribution is -0.130. The quantitative estimate of drug-likeness (QED) is 0.720. The minimum Gasteiger partial charge on any atom is -0.394 e. The highest BCUT2D eigenvalue weighted by Crippen LogP contribution is 2.29. The largest absolute Gasteiger partial charge is 0.394 e. The summed E-state index contributed by atoms with van der Waals surface area (Å²) in [5.74, 6) is 0.523. The van der Waals surface area contributed by atoms with Crippen LogP contribution in [0.15, 0.2) is 0 Å². The van der Waals surface area contributed by atoms with Gasteiger partial charge in [0, 0.05) is 5.41 Å². The van der Waals surface area contributed by atoms with Gasteiger partial charge in [0.1, 0.15) is 0 Å². The van der Waals surface area contributed by atoms with Gasteiger partial charge >= 0.3 is 0 Å². The van der Waals surface area contributed by atoms with Gasteiger partial charge in [-0.05, 0) is 18.8 Å². The van der Waals surface area contributed by atoms with E-state index in [1.807, 2.05) is 20.8 Å². The number of carbonyl (C=O) groups is 1. The van der Waals surface area contributed by atoms with Crippen LogP contribution in [0.1, 0.15) is 40.0 Å². The molecule has 0 aliphatic heterocycles. The topological polar surface area (TPSA) is 49.3 Å². The zero-order valence-corrected chi connectivity index (χ0v) is 9.34. The molecule has 1 atom stereocenters. The first kappa shape index (κ1) is 11.5. The van der Waals surface area contributed by atoms with Crippen molar-refractivity contribution >= 4 is 5.91 Å². The smallest absolute Gasteiger partial charge is 0.225 e. The van der Waals surface area contributed by atoms with E-state index in [9.17, 15) is 4.79 Å². The summed E-state index contributed by atoms with van der Waals surface area (Å²) in [5.41, 5.74) is -0.364. The molecule has 0 spiro atoms. The second-order valence-electron chi connectivity index (χ2n) is 5.20. The van der Waals surface area contributed by atoms with E-state index in [2.05, 4.69) is 5.32 Å². The molecule has 3 heteroatoms. The summed E-state index contributed by atoms with van der Waals surface area (Å²) in [6.45, 7) is 5.72. The van der Waals surface area contributed by atoms with E-state index in [1.165, 1.54) is 6.42 Å². The number of carbonyl (C=O) groups excluding carboxylic acids is 1. The van der Waals surface area contributed by atoms with Crippen molar-refractivity contribution in [1.29, 1.82) is 0 Å². The van der Waals surface area contributed by atoms with Crippen molar-refractivity contribution in [3.8, 4) is 0 Å². The third-order valence-electron chi connectivity index (χ3n) is 2.91. The van der Waals surface area contributed by atoms with Crippen LogP contribution in [0.25, 0.3) is 0 Å². The van der Waals surface area contributed by atoms with Crippen LogP contribution in [0.4, 0.5) is 0 Å². The molecular formula is C11H21NO2. The average Bonchev–Trinajstić information content (AvgIpc) is 1.97. The fourth-order valence-corrected chi connectivity index (χ4v) is 1.54. The van der Waals surface area contributed by atoms with E-state index >= 15 is 0 Å². The van der Waals surface area contributed by atoms with Crippen LogP contribution >= 0.6 is 0 Å². The van der Waals surface area contributed by atoms with Crippen LogP contribution < -0.4 is 5.32 Å². The summed E-state index contributed by atoms with van der Waals surface area (Å²) < 4.78 is 0. The molecule has 1 aliphatic carbocycles. The summed E-state index contributed by atoms with van der Waals surface area (Å²) in [6.07, 6.45) is 3.50. The number of hydrogen-bond acceptors (Lipinski definition) is 2. The Morgan fingerprint density at radius 2 is 2.07 bits per heavy atom. The molecule has 82 valence electrons. The predicted octanol–water partition coefficient (Wildman–Crippen LogP) is 1.31. The van der Waals surface area contributed by atoms with Crippen LogP contribution in [-0.2, 0) is 4.79 Å². The first-order valence-corrected chi connectivity index (χ1v) is 5.37. The van der Waals surface area contributed by atoms with E-state index in [4.69, 9.17) is 5.11 Å². The number of amides is 1. The van der Waals surface area contributed by atoms with Crippen LogP contribution in [0.5, 0.6) is 0 Å². The van der Waals surface area contributed by atoms with Crippen LogP contribution in [0.3, 0.4) is 0 Å². The first-order valence-electron chi connectivity index (χ1n) is 5.37. The fourth-order valence-electron chi connectivity index (χ4n) is 1.54. The molecule has 0 aromatic rings. The van der Waals surface area contributed by atoms with E-state index in [0.29, 0.717) is 5.92 Å². The molecule has 0 aromatic heterocycles. The van der Waals surface area contributed by atoms with Gasteiger partial charge in [-0.1, -0.05) is 27.2 Å². The van der Waals surface area contributed by atoms with Gasteiger partial charge in [-0.3, -0.25) is 4.79 Å². The molecule has 0 unspecified atom stereocenters. The zero-order chi connectivity index (χ0) is 10.8. The summed E-state index contributed by atoms with van der Waals surface area (Å²) in [7, 11) is 0. The second kappa shape index (κ2) is 4.30. The maximum atomic E-state index is 11.7. The summed E-state index contributed by atoms with van der Waals surface area (Å²) >= 11 is 0. The molecule has 1 amide bonds. The Bertz CT molecular complexity index is 204. The molecule has 0 aromatic carbocycles. The Hall–Kier alpha value is -0.570. The number of hydrogen-bond donors (Lipinski definition) is 2. The Morgan fingerprint density at radius 3 is 2.36 bits per heavy atom. The molecule has 1 fully saturated rings. The van der Waals surface area contributed by atoms with Crippen LogP contribution in [0, 0.1) is 11.3 Å². The molecule has 14 heavy (non-hydrogen) atoms. The number of aliphatic hydroxyl groups excluding tert-OH is 1. The Morgan fingerprint density at radius 1 is 1.50 bits per heavy atom. The molecule has 0 saturated heterocycles. The summed E-state index contributed by atoms with van der Waals surface area (Å²) in [6, 6.07) is -0.0320. The van der Waals surface area contributed by atoms with Crippen LogP contribution in [0.2, 0.25) is 0 Å². The third-order valence-corrected chi connectivity index (χ3v) is 2.91. The lowest BCUT2D eigenvalue weighted by atomic mass is 9.79. The van der Waals surface area contributed by atoms with Crippen molar-refractivity contribution in [2.75, 3.05) is 6.61 Å². The van der Waals surface area contributed by atoms with Gasteiger partial charge in [0.2, 0.25) is 5.91 Å².